The van der Waals surface area contributed by atoms with E-state index in [0.717, 1.165) is 30.4 Å². The Balaban J connectivity index is 1.78. The van der Waals surface area contributed by atoms with Crippen LogP contribution in [0, 0.1) is 0 Å². The number of pyridine rings is 1. The predicted octanol–water partition coefficient (Wildman–Crippen LogP) is 3.45. The molecule has 2 atom stereocenters. The highest BCUT2D eigenvalue weighted by Gasteiger charge is 2.48. The van der Waals surface area contributed by atoms with Crippen molar-refractivity contribution in [1.29, 1.82) is 0 Å². The van der Waals surface area contributed by atoms with E-state index in [2.05, 4.69) is 4.98 Å². The van der Waals surface area contributed by atoms with Gasteiger partial charge in [-0.1, -0.05) is 36.2 Å². The van der Waals surface area contributed by atoms with Gasteiger partial charge in [-0.05, 0) is 42.2 Å². The molecule has 2 fully saturated rings. The van der Waals surface area contributed by atoms with Gasteiger partial charge in [0.25, 0.3) is 10.2 Å². The Labute approximate surface area is 171 Å². The molecule has 0 saturated carbocycles. The molecule has 150 valence electrons. The van der Waals surface area contributed by atoms with Crippen LogP contribution >= 0.6 is 11.6 Å². The van der Waals surface area contributed by atoms with Crippen LogP contribution in [0.2, 0.25) is 5.02 Å². The van der Waals surface area contributed by atoms with Crippen molar-refractivity contribution in [2.75, 3.05) is 26.7 Å². The number of benzene rings is 1. The van der Waals surface area contributed by atoms with Gasteiger partial charge in [-0.15, -0.1) is 4.41 Å². The third-order valence-electron chi connectivity index (χ3n) is 5.62. The van der Waals surface area contributed by atoms with Crippen LogP contribution in [0.25, 0.3) is 0 Å². The first kappa shape index (κ1) is 19.8. The second kappa shape index (κ2) is 8.08. The minimum Gasteiger partial charge on any atom is -0.264 e. The minimum atomic E-state index is -3.62. The van der Waals surface area contributed by atoms with E-state index in [4.69, 9.17) is 11.6 Å². The van der Waals surface area contributed by atoms with E-state index in [1.807, 2.05) is 54.7 Å². The first-order chi connectivity index (χ1) is 13.5. The SMILES string of the molecule is CN1CC(c2cccnc2)C(c2ccc(Cl)cc2)N1S(=O)(=O)N1CCCCC1. The van der Waals surface area contributed by atoms with Crippen molar-refractivity contribution in [3.05, 3.63) is 64.9 Å². The molecule has 6 nitrogen and oxygen atoms in total. The first-order valence-corrected chi connectivity index (χ1v) is 11.4. The largest absolute Gasteiger partial charge is 0.295 e. The van der Waals surface area contributed by atoms with Crippen molar-refractivity contribution in [2.24, 2.45) is 0 Å². The summed E-state index contributed by atoms with van der Waals surface area (Å²) in [5, 5.41) is 2.47. The molecule has 28 heavy (non-hydrogen) atoms. The molecule has 1 aromatic heterocycles. The molecule has 0 spiro atoms. The molecule has 1 aromatic carbocycles. The molecule has 0 bridgehead atoms. The number of halogens is 1. The van der Waals surface area contributed by atoms with Gasteiger partial charge in [0.15, 0.2) is 0 Å². The minimum absolute atomic E-state index is 0.0144. The molecule has 2 aliphatic heterocycles. The number of piperidine rings is 1. The Hall–Kier alpha value is -1.51. The summed E-state index contributed by atoms with van der Waals surface area (Å²) in [6.07, 6.45) is 6.48. The normalized spacial score (nSPS) is 25.2. The number of rotatable bonds is 4. The number of likely N-dealkylation sites (N-methyl/N-ethyl adjacent to an activating group) is 1. The summed E-state index contributed by atoms with van der Waals surface area (Å²) in [6, 6.07) is 11.1. The van der Waals surface area contributed by atoms with Gasteiger partial charge in [0.05, 0.1) is 6.04 Å². The topological polar surface area (TPSA) is 56.8 Å². The summed E-state index contributed by atoms with van der Waals surface area (Å²) in [7, 11) is -1.77. The summed E-state index contributed by atoms with van der Waals surface area (Å²) in [6.45, 7) is 1.77. The van der Waals surface area contributed by atoms with E-state index >= 15 is 0 Å². The fourth-order valence-corrected chi connectivity index (χ4v) is 6.32. The number of hydrogen-bond donors (Lipinski definition) is 0. The van der Waals surface area contributed by atoms with Crippen molar-refractivity contribution >= 4 is 21.8 Å². The highest BCUT2D eigenvalue weighted by atomic mass is 35.5. The number of aromatic nitrogens is 1. The molecular weight excluding hydrogens is 396 g/mol. The number of hydrogen-bond acceptors (Lipinski definition) is 4. The smallest absolute Gasteiger partial charge is 0.264 e. The van der Waals surface area contributed by atoms with Crippen LogP contribution in [0.5, 0.6) is 0 Å². The molecule has 0 radical (unpaired) electrons. The lowest BCUT2D eigenvalue weighted by Gasteiger charge is -2.36. The second-order valence-electron chi connectivity index (χ2n) is 7.47. The van der Waals surface area contributed by atoms with Gasteiger partial charge >= 0.3 is 0 Å². The van der Waals surface area contributed by atoms with Gasteiger partial charge in [-0.3, -0.25) is 4.98 Å². The molecular formula is C20H25ClN4O2S. The zero-order chi connectivity index (χ0) is 19.7. The monoisotopic (exact) mass is 420 g/mol. The quantitative estimate of drug-likeness (QED) is 0.760. The highest BCUT2D eigenvalue weighted by Crippen LogP contribution is 2.44. The Kier molecular flexibility index (Phi) is 5.71. The van der Waals surface area contributed by atoms with E-state index in [1.54, 1.807) is 14.9 Å². The summed E-state index contributed by atoms with van der Waals surface area (Å²) < 4.78 is 30.4. The van der Waals surface area contributed by atoms with Gasteiger partial charge in [0.2, 0.25) is 0 Å². The lowest BCUT2D eigenvalue weighted by atomic mass is 9.89. The molecule has 8 heteroatoms. The summed E-state index contributed by atoms with van der Waals surface area (Å²) in [5.41, 5.74) is 1.97. The summed E-state index contributed by atoms with van der Waals surface area (Å²) >= 11 is 6.09. The Bertz CT molecular complexity index is 902. The Morgan fingerprint density at radius 1 is 1.04 bits per heavy atom. The van der Waals surface area contributed by atoms with Crippen LogP contribution in [0.15, 0.2) is 48.8 Å². The molecule has 0 aliphatic carbocycles. The van der Waals surface area contributed by atoms with Gasteiger partial charge in [0.1, 0.15) is 0 Å². The van der Waals surface area contributed by atoms with Crippen molar-refractivity contribution < 1.29 is 8.42 Å². The molecule has 0 amide bonds. The fourth-order valence-electron chi connectivity index (χ4n) is 4.27. The van der Waals surface area contributed by atoms with Crippen LogP contribution in [0.1, 0.15) is 42.3 Å². The maximum Gasteiger partial charge on any atom is 0.295 e. The molecule has 2 aromatic rings. The molecule has 2 aliphatic rings. The lowest BCUT2D eigenvalue weighted by molar-refractivity contribution is 0.111. The summed E-state index contributed by atoms with van der Waals surface area (Å²) in [5.74, 6) is -0.0144. The zero-order valence-electron chi connectivity index (χ0n) is 15.9. The standard InChI is InChI=1S/C20H25ClN4O2S/c1-23-15-19(17-6-5-11-22-14-17)20(16-7-9-18(21)10-8-16)25(23)28(26,27)24-12-3-2-4-13-24/h5-11,14,19-20H,2-4,12-13,15H2,1H3. The van der Waals surface area contributed by atoms with Crippen LogP contribution in [0.4, 0.5) is 0 Å². The van der Waals surface area contributed by atoms with Crippen LogP contribution in [0.3, 0.4) is 0 Å². The average Bonchev–Trinajstić information content (AvgIpc) is 3.08. The lowest BCUT2D eigenvalue weighted by Crippen LogP contribution is -2.50. The van der Waals surface area contributed by atoms with E-state index < -0.39 is 10.2 Å². The van der Waals surface area contributed by atoms with Crippen LogP contribution in [-0.4, -0.2) is 53.8 Å². The van der Waals surface area contributed by atoms with E-state index in [-0.39, 0.29) is 12.0 Å². The Morgan fingerprint density at radius 3 is 2.39 bits per heavy atom. The van der Waals surface area contributed by atoms with Crippen LogP contribution in [-0.2, 0) is 10.2 Å². The number of hydrazine groups is 1. The Morgan fingerprint density at radius 2 is 1.75 bits per heavy atom. The van der Waals surface area contributed by atoms with Crippen LogP contribution < -0.4 is 0 Å². The first-order valence-electron chi connectivity index (χ1n) is 9.64. The van der Waals surface area contributed by atoms with Gasteiger partial charge in [0, 0.05) is 50.0 Å². The maximum atomic E-state index is 13.6. The van der Waals surface area contributed by atoms with Gasteiger partial charge in [-0.2, -0.15) is 12.7 Å². The van der Waals surface area contributed by atoms with Gasteiger partial charge < -0.3 is 0 Å². The van der Waals surface area contributed by atoms with Gasteiger partial charge in [-0.25, -0.2) is 5.01 Å². The predicted molar refractivity (Wildman–Crippen MR) is 110 cm³/mol. The summed E-state index contributed by atoms with van der Waals surface area (Å²) in [4.78, 5) is 4.26. The van der Waals surface area contributed by atoms with Crippen molar-refractivity contribution in [3.63, 3.8) is 0 Å². The van der Waals surface area contributed by atoms with E-state index in [0.29, 0.717) is 24.7 Å². The third-order valence-corrected chi connectivity index (χ3v) is 7.87. The average molecular weight is 421 g/mol. The van der Waals surface area contributed by atoms with Crippen molar-refractivity contribution in [1.82, 2.24) is 18.7 Å². The molecule has 3 heterocycles. The van der Waals surface area contributed by atoms with Crippen molar-refractivity contribution in [2.45, 2.75) is 31.2 Å². The maximum absolute atomic E-state index is 13.6. The third kappa shape index (κ3) is 3.69. The fraction of sp³-hybridized carbons (Fsp3) is 0.450. The molecule has 0 N–H and O–H groups in total. The highest BCUT2D eigenvalue weighted by molar-refractivity contribution is 7.86. The van der Waals surface area contributed by atoms with E-state index in [9.17, 15) is 8.42 Å². The zero-order valence-corrected chi connectivity index (χ0v) is 17.5. The van der Waals surface area contributed by atoms with E-state index in [1.165, 1.54) is 0 Å². The van der Waals surface area contributed by atoms with Crippen molar-refractivity contribution in [3.8, 4) is 0 Å². The molecule has 2 saturated heterocycles. The second-order valence-corrected chi connectivity index (χ2v) is 9.69. The number of nitrogens with zero attached hydrogens (tertiary/aromatic N) is 4. The molecule has 4 rings (SSSR count). The molecule has 2 unspecified atom stereocenters.